The van der Waals surface area contributed by atoms with Gasteiger partial charge < -0.3 is 25.6 Å². The molecule has 12 nitrogen and oxygen atoms in total. The van der Waals surface area contributed by atoms with Gasteiger partial charge in [0, 0.05) is 41.9 Å². The highest BCUT2D eigenvalue weighted by Gasteiger charge is 2.44. The largest absolute Gasteiger partial charge is 0.444 e. The monoisotopic (exact) mass is 659 g/mol. The van der Waals surface area contributed by atoms with Crippen molar-refractivity contribution < 1.29 is 28.8 Å². The normalized spacial score (nSPS) is 18.6. The van der Waals surface area contributed by atoms with Gasteiger partial charge in [-0.15, -0.1) is 0 Å². The molecule has 2 aromatic rings. The second-order valence-electron chi connectivity index (χ2n) is 14.1. The number of piperidine rings is 1. The number of alkyl carbamates (subject to hydrolysis) is 1. The summed E-state index contributed by atoms with van der Waals surface area (Å²) in [6.45, 7) is 7.90. The first-order valence-corrected chi connectivity index (χ1v) is 16.7. The maximum Gasteiger partial charge on any atom is 0.408 e. The highest BCUT2D eigenvalue weighted by atomic mass is 16.6. The Morgan fingerprint density at radius 3 is 2.23 bits per heavy atom. The number of nitro groups is 1. The summed E-state index contributed by atoms with van der Waals surface area (Å²) in [6, 6.07) is 11.7. The zero-order chi connectivity index (χ0) is 34.6. The first-order valence-electron chi connectivity index (χ1n) is 16.7. The Hall–Kier alpha value is -4.74. The molecule has 1 saturated heterocycles. The van der Waals surface area contributed by atoms with Crippen LogP contribution in [-0.4, -0.2) is 64.4 Å². The van der Waals surface area contributed by atoms with Gasteiger partial charge in [0.15, 0.2) is 0 Å². The maximum absolute atomic E-state index is 14.0. The molecule has 48 heavy (non-hydrogen) atoms. The van der Waals surface area contributed by atoms with E-state index in [2.05, 4.69) is 16.0 Å². The van der Waals surface area contributed by atoms with E-state index in [0.29, 0.717) is 37.2 Å². The smallest absolute Gasteiger partial charge is 0.408 e. The molecule has 3 aliphatic rings. The summed E-state index contributed by atoms with van der Waals surface area (Å²) in [5.74, 6) is -0.887. The van der Waals surface area contributed by atoms with Crippen molar-refractivity contribution in [2.45, 2.75) is 95.7 Å². The first-order chi connectivity index (χ1) is 22.8. The van der Waals surface area contributed by atoms with Gasteiger partial charge in [0.1, 0.15) is 17.7 Å². The predicted octanol–water partition coefficient (Wildman–Crippen LogP) is 5.47. The van der Waals surface area contributed by atoms with E-state index in [4.69, 9.17) is 4.74 Å². The van der Waals surface area contributed by atoms with Crippen molar-refractivity contribution in [3.63, 3.8) is 0 Å². The number of nitro benzene ring substituents is 1. The Morgan fingerprint density at radius 1 is 0.958 bits per heavy atom. The van der Waals surface area contributed by atoms with Crippen LogP contribution in [0.4, 0.5) is 16.2 Å². The van der Waals surface area contributed by atoms with Crippen LogP contribution in [0.15, 0.2) is 54.6 Å². The minimum absolute atomic E-state index is 0.0525. The third-order valence-corrected chi connectivity index (χ3v) is 9.53. The van der Waals surface area contributed by atoms with Crippen molar-refractivity contribution in [2.24, 2.45) is 5.92 Å². The molecule has 0 bridgehead atoms. The Balaban J connectivity index is 1.27. The summed E-state index contributed by atoms with van der Waals surface area (Å²) in [6.07, 6.45) is 7.53. The van der Waals surface area contributed by atoms with E-state index in [9.17, 15) is 29.3 Å². The number of non-ortho nitro benzene ring substituents is 1. The zero-order valence-electron chi connectivity index (χ0n) is 28.0. The number of carbonyl (C=O) groups is 4. The first kappa shape index (κ1) is 34.6. The van der Waals surface area contributed by atoms with Gasteiger partial charge in [0.2, 0.25) is 11.8 Å². The second-order valence-corrected chi connectivity index (χ2v) is 14.1. The number of amides is 4. The lowest BCUT2D eigenvalue weighted by atomic mass is 9.74. The van der Waals surface area contributed by atoms with Gasteiger partial charge in [-0.3, -0.25) is 24.5 Å². The number of hydrogen-bond donors (Lipinski definition) is 3. The Morgan fingerprint density at radius 2 is 1.60 bits per heavy atom. The molecule has 2 aliphatic carbocycles. The van der Waals surface area contributed by atoms with Crippen LogP contribution in [0.25, 0.3) is 5.57 Å². The summed E-state index contributed by atoms with van der Waals surface area (Å²) < 4.78 is 5.52. The van der Waals surface area contributed by atoms with Gasteiger partial charge in [-0.05, 0) is 82.6 Å². The lowest BCUT2D eigenvalue weighted by molar-refractivity contribution is -0.384. The van der Waals surface area contributed by atoms with E-state index < -0.39 is 40.0 Å². The fraction of sp³-hybridized carbons (Fsp3) is 0.500. The molecule has 1 aliphatic heterocycles. The fourth-order valence-electron chi connectivity index (χ4n) is 7.05. The molecule has 1 spiro atoms. The molecular weight excluding hydrogens is 614 g/mol. The highest BCUT2D eigenvalue weighted by Crippen LogP contribution is 2.47. The number of nitrogens with one attached hydrogen (secondary N) is 3. The summed E-state index contributed by atoms with van der Waals surface area (Å²) in [5, 5.41) is 19.3. The molecule has 5 rings (SSSR count). The molecular formula is C36H45N5O7. The minimum Gasteiger partial charge on any atom is -0.444 e. The number of nitrogens with zero attached hydrogens (tertiary/aromatic N) is 2. The van der Waals surface area contributed by atoms with Gasteiger partial charge >= 0.3 is 6.09 Å². The lowest BCUT2D eigenvalue weighted by Crippen LogP contribution is -2.56. The van der Waals surface area contributed by atoms with Crippen LogP contribution < -0.4 is 16.0 Å². The number of fused-ring (bicyclic) bond motifs is 2. The topological polar surface area (TPSA) is 160 Å². The molecule has 0 aromatic heterocycles. The van der Waals surface area contributed by atoms with E-state index in [1.807, 2.05) is 35.2 Å². The third-order valence-electron chi connectivity index (χ3n) is 9.53. The van der Waals surface area contributed by atoms with Crippen LogP contribution >= 0.6 is 0 Å². The molecule has 2 aromatic carbocycles. The van der Waals surface area contributed by atoms with Crippen molar-refractivity contribution >= 4 is 40.8 Å². The van der Waals surface area contributed by atoms with Gasteiger partial charge in [0.05, 0.1) is 4.92 Å². The van der Waals surface area contributed by atoms with E-state index >= 15 is 0 Å². The number of likely N-dealkylation sites (tertiary alicyclic amines) is 1. The summed E-state index contributed by atoms with van der Waals surface area (Å²) in [4.78, 5) is 65.5. The van der Waals surface area contributed by atoms with Crippen LogP contribution in [0.3, 0.4) is 0 Å². The number of benzene rings is 2. The van der Waals surface area contributed by atoms with E-state index in [1.54, 1.807) is 27.7 Å². The summed E-state index contributed by atoms with van der Waals surface area (Å²) in [7, 11) is 0. The zero-order valence-corrected chi connectivity index (χ0v) is 28.0. The number of ether oxygens (including phenoxy) is 1. The number of rotatable bonds is 8. The van der Waals surface area contributed by atoms with Gasteiger partial charge in [0.25, 0.3) is 11.6 Å². The molecule has 1 saturated carbocycles. The van der Waals surface area contributed by atoms with Crippen LogP contribution in [0.2, 0.25) is 0 Å². The predicted molar refractivity (Wildman–Crippen MR) is 181 cm³/mol. The molecule has 1 heterocycles. The minimum atomic E-state index is -0.883. The van der Waals surface area contributed by atoms with Crippen LogP contribution in [0.5, 0.6) is 0 Å². The molecule has 0 radical (unpaired) electrons. The quantitative estimate of drug-likeness (QED) is 0.250. The molecule has 12 heteroatoms. The van der Waals surface area contributed by atoms with Gasteiger partial charge in [-0.2, -0.15) is 0 Å². The summed E-state index contributed by atoms with van der Waals surface area (Å²) >= 11 is 0. The Labute approximate surface area is 280 Å². The molecule has 4 amide bonds. The third kappa shape index (κ3) is 7.86. The Kier molecular flexibility index (Phi) is 10.2. The Bertz CT molecular complexity index is 1580. The molecule has 2 fully saturated rings. The standard InChI is InChI=1S/C36H45N5O7/c1-23(31(42)38-25-14-16-26(17-15-25)41(46)47)37-32(43)28-22-36(29-13-9-8-12-27(28)29)18-20-40(21-19-36)33(44)30(24-10-6-5-7-11-24)39-34(45)48-35(2,3)4/h8-9,12-17,22-24,30H,5-7,10-11,18-21H2,1-4H3,(H,37,43)(H,38,42)(H,39,45)/t23-,30-/m0/s1. The summed E-state index contributed by atoms with van der Waals surface area (Å²) in [5.41, 5.74) is 1.44. The van der Waals surface area contributed by atoms with E-state index in [0.717, 1.165) is 43.2 Å². The highest BCUT2D eigenvalue weighted by molar-refractivity contribution is 6.22. The van der Waals surface area contributed by atoms with Crippen LogP contribution in [-0.2, 0) is 24.5 Å². The lowest BCUT2D eigenvalue weighted by Gasteiger charge is -2.41. The van der Waals surface area contributed by atoms with E-state index in [1.165, 1.54) is 24.3 Å². The number of carbonyl (C=O) groups excluding carboxylic acids is 4. The SMILES string of the molecule is C[C@H](NC(=O)C1=CC2(CCN(C(=O)[C@@H](NC(=O)OC(C)(C)C)C3CCCCC3)CC2)c2ccccc21)C(=O)Nc1ccc([N+](=O)[O-])cc1. The average molecular weight is 660 g/mol. The number of allylic oxidation sites excluding steroid dienone is 1. The van der Waals surface area contributed by atoms with Crippen molar-refractivity contribution in [2.75, 3.05) is 18.4 Å². The fourth-order valence-corrected chi connectivity index (χ4v) is 7.05. The van der Waals surface area contributed by atoms with Gasteiger partial charge in [-0.1, -0.05) is 49.6 Å². The van der Waals surface area contributed by atoms with Gasteiger partial charge in [-0.25, -0.2) is 4.79 Å². The molecule has 2 atom stereocenters. The van der Waals surface area contributed by atoms with Crippen LogP contribution in [0.1, 0.15) is 83.8 Å². The van der Waals surface area contributed by atoms with Crippen molar-refractivity contribution in [1.29, 1.82) is 0 Å². The maximum atomic E-state index is 14.0. The van der Waals surface area contributed by atoms with Crippen molar-refractivity contribution in [3.8, 4) is 0 Å². The average Bonchev–Trinajstić information content (AvgIpc) is 3.37. The molecule has 0 unspecified atom stereocenters. The van der Waals surface area contributed by atoms with E-state index in [-0.39, 0.29) is 23.4 Å². The van der Waals surface area contributed by atoms with Crippen molar-refractivity contribution in [3.05, 3.63) is 75.8 Å². The second kappa shape index (κ2) is 14.2. The number of anilines is 1. The molecule has 256 valence electrons. The van der Waals surface area contributed by atoms with Crippen molar-refractivity contribution in [1.82, 2.24) is 15.5 Å². The van der Waals surface area contributed by atoms with Crippen LogP contribution in [0, 0.1) is 16.0 Å². The number of hydrogen-bond acceptors (Lipinski definition) is 7. The molecule has 3 N–H and O–H groups in total.